The molecule has 0 unspecified atom stereocenters. The maximum atomic E-state index is 13.6. The van der Waals surface area contributed by atoms with Crippen LogP contribution in [0.2, 0.25) is 5.02 Å². The summed E-state index contributed by atoms with van der Waals surface area (Å²) in [6, 6.07) is 11.5. The Balaban J connectivity index is 1.72. The first-order valence-electron chi connectivity index (χ1n) is 7.57. The number of amides is 2. The van der Waals surface area contributed by atoms with E-state index in [1.807, 2.05) is 0 Å². The molecule has 1 saturated heterocycles. The van der Waals surface area contributed by atoms with Gasteiger partial charge in [-0.05, 0) is 36.8 Å². The van der Waals surface area contributed by atoms with Crippen LogP contribution in [0.4, 0.5) is 15.8 Å². The largest absolute Gasteiger partial charge is 0.326 e. The second-order valence-corrected chi connectivity index (χ2v) is 6.22. The molecule has 1 fully saturated rings. The average Bonchev–Trinajstić information content (AvgIpc) is 2.93. The Morgan fingerprint density at radius 2 is 2.04 bits per heavy atom. The van der Waals surface area contributed by atoms with Crippen LogP contribution < -0.4 is 10.2 Å². The summed E-state index contributed by atoms with van der Waals surface area (Å²) in [5.74, 6) is -1.34. The molecule has 24 heavy (non-hydrogen) atoms. The molecule has 0 saturated carbocycles. The molecule has 6 heteroatoms. The van der Waals surface area contributed by atoms with E-state index >= 15 is 0 Å². The van der Waals surface area contributed by atoms with Gasteiger partial charge >= 0.3 is 0 Å². The fraction of sp³-hybridized carbons (Fsp3) is 0.222. The monoisotopic (exact) mass is 346 g/mol. The predicted molar refractivity (Wildman–Crippen MR) is 91.7 cm³/mol. The first kappa shape index (κ1) is 16.5. The number of anilines is 2. The molecule has 4 nitrogen and oxygen atoms in total. The number of halogens is 2. The van der Waals surface area contributed by atoms with Crippen LogP contribution in [-0.2, 0) is 9.59 Å². The van der Waals surface area contributed by atoms with E-state index in [4.69, 9.17) is 11.6 Å². The molecule has 0 bridgehead atoms. The number of hydrogen-bond acceptors (Lipinski definition) is 2. The fourth-order valence-corrected chi connectivity index (χ4v) is 2.94. The second kappa shape index (κ2) is 6.61. The molecule has 1 atom stereocenters. The highest BCUT2D eigenvalue weighted by atomic mass is 35.5. The molecule has 3 rings (SSSR count). The van der Waals surface area contributed by atoms with Gasteiger partial charge in [0, 0.05) is 18.7 Å². The standard InChI is InChI=1S/C18H16ClFN2O2/c1-11-6-7-13(9-15(11)20)21-18(24)12-8-17(23)22(10-12)16-5-3-2-4-14(16)19/h2-7,9,12H,8,10H2,1H3,(H,21,24)/t12-/m0/s1. The van der Waals surface area contributed by atoms with Crippen LogP contribution in [0.3, 0.4) is 0 Å². The third-order valence-electron chi connectivity index (χ3n) is 4.08. The van der Waals surface area contributed by atoms with Gasteiger partial charge in [-0.3, -0.25) is 9.59 Å². The number of carbonyl (C=O) groups is 2. The van der Waals surface area contributed by atoms with E-state index in [0.29, 0.717) is 22.0 Å². The SMILES string of the molecule is Cc1ccc(NC(=O)[C@H]2CC(=O)N(c3ccccc3Cl)C2)cc1F. The summed E-state index contributed by atoms with van der Waals surface area (Å²) in [5.41, 5.74) is 1.49. The molecule has 0 aliphatic carbocycles. The maximum Gasteiger partial charge on any atom is 0.229 e. The summed E-state index contributed by atoms with van der Waals surface area (Å²) in [7, 11) is 0. The number of nitrogens with one attached hydrogen (secondary N) is 1. The molecule has 0 spiro atoms. The van der Waals surface area contributed by atoms with Gasteiger partial charge in [-0.1, -0.05) is 29.8 Å². The minimum Gasteiger partial charge on any atom is -0.326 e. The first-order chi connectivity index (χ1) is 11.5. The lowest BCUT2D eigenvalue weighted by Gasteiger charge is -2.18. The van der Waals surface area contributed by atoms with Crippen LogP contribution >= 0.6 is 11.6 Å². The number of hydrogen-bond donors (Lipinski definition) is 1. The Morgan fingerprint density at radius 3 is 2.75 bits per heavy atom. The van der Waals surface area contributed by atoms with Crippen molar-refractivity contribution in [3.63, 3.8) is 0 Å². The van der Waals surface area contributed by atoms with E-state index in [1.54, 1.807) is 43.3 Å². The highest BCUT2D eigenvalue weighted by Gasteiger charge is 2.35. The topological polar surface area (TPSA) is 49.4 Å². The van der Waals surface area contributed by atoms with Crippen LogP contribution in [0, 0.1) is 18.7 Å². The van der Waals surface area contributed by atoms with E-state index in [0.717, 1.165) is 0 Å². The van der Waals surface area contributed by atoms with Crippen molar-refractivity contribution >= 4 is 34.8 Å². The van der Waals surface area contributed by atoms with Gasteiger partial charge in [0.1, 0.15) is 5.82 Å². The molecule has 2 aromatic carbocycles. The van der Waals surface area contributed by atoms with Crippen molar-refractivity contribution in [1.82, 2.24) is 0 Å². The van der Waals surface area contributed by atoms with Crippen molar-refractivity contribution in [3.8, 4) is 0 Å². The number of carbonyl (C=O) groups excluding carboxylic acids is 2. The first-order valence-corrected chi connectivity index (χ1v) is 7.95. The van der Waals surface area contributed by atoms with Crippen LogP contribution in [0.15, 0.2) is 42.5 Å². The molecule has 2 aromatic rings. The molecule has 1 aliphatic rings. The van der Waals surface area contributed by atoms with Gasteiger partial charge in [0.25, 0.3) is 0 Å². The second-order valence-electron chi connectivity index (χ2n) is 5.81. The number of aryl methyl sites for hydroxylation is 1. The van der Waals surface area contributed by atoms with Gasteiger partial charge in [0.2, 0.25) is 11.8 Å². The molecule has 2 amide bonds. The zero-order valence-corrected chi connectivity index (χ0v) is 13.8. The lowest BCUT2D eigenvalue weighted by Crippen LogP contribution is -2.28. The molecule has 124 valence electrons. The summed E-state index contributed by atoms with van der Waals surface area (Å²) in [4.78, 5) is 26.1. The summed E-state index contributed by atoms with van der Waals surface area (Å²) in [6.07, 6.45) is 0.103. The Labute approximate surface area is 144 Å². The van der Waals surface area contributed by atoms with Crippen molar-refractivity contribution in [2.75, 3.05) is 16.8 Å². The Kier molecular flexibility index (Phi) is 4.53. The smallest absolute Gasteiger partial charge is 0.229 e. The van der Waals surface area contributed by atoms with Gasteiger partial charge in [-0.2, -0.15) is 0 Å². The van der Waals surface area contributed by atoms with Gasteiger partial charge < -0.3 is 10.2 Å². The van der Waals surface area contributed by atoms with Crippen LogP contribution in [0.1, 0.15) is 12.0 Å². The quantitative estimate of drug-likeness (QED) is 0.919. The highest BCUT2D eigenvalue weighted by molar-refractivity contribution is 6.33. The van der Waals surface area contributed by atoms with Crippen molar-refractivity contribution in [2.24, 2.45) is 5.92 Å². The van der Waals surface area contributed by atoms with Gasteiger partial charge in [-0.15, -0.1) is 0 Å². The van der Waals surface area contributed by atoms with E-state index < -0.39 is 5.92 Å². The normalized spacial score (nSPS) is 17.2. The summed E-state index contributed by atoms with van der Waals surface area (Å²) in [5, 5.41) is 3.13. The third kappa shape index (κ3) is 3.26. The summed E-state index contributed by atoms with van der Waals surface area (Å²) in [6.45, 7) is 1.90. The van der Waals surface area contributed by atoms with E-state index in [9.17, 15) is 14.0 Å². The van der Waals surface area contributed by atoms with E-state index in [2.05, 4.69) is 5.32 Å². The Morgan fingerprint density at radius 1 is 1.29 bits per heavy atom. The minimum atomic E-state index is -0.502. The zero-order chi connectivity index (χ0) is 17.3. The molecule has 0 radical (unpaired) electrons. The van der Waals surface area contributed by atoms with E-state index in [1.165, 1.54) is 11.0 Å². The van der Waals surface area contributed by atoms with Crippen molar-refractivity contribution in [3.05, 3.63) is 58.9 Å². The molecule has 1 heterocycles. The lowest BCUT2D eigenvalue weighted by atomic mass is 10.1. The summed E-state index contributed by atoms with van der Waals surface area (Å²) < 4.78 is 13.6. The number of rotatable bonds is 3. The molecule has 0 aromatic heterocycles. The molecule has 1 N–H and O–H groups in total. The summed E-state index contributed by atoms with van der Waals surface area (Å²) >= 11 is 6.12. The van der Waals surface area contributed by atoms with Gasteiger partial charge in [-0.25, -0.2) is 4.39 Å². The number of nitrogens with zero attached hydrogens (tertiary/aromatic N) is 1. The highest BCUT2D eigenvalue weighted by Crippen LogP contribution is 2.31. The van der Waals surface area contributed by atoms with Crippen LogP contribution in [0.5, 0.6) is 0 Å². The average molecular weight is 347 g/mol. The predicted octanol–water partition coefficient (Wildman–Crippen LogP) is 3.78. The van der Waals surface area contributed by atoms with Crippen molar-refractivity contribution in [2.45, 2.75) is 13.3 Å². The Hall–Kier alpha value is -2.40. The number of benzene rings is 2. The molecular formula is C18H16ClFN2O2. The van der Waals surface area contributed by atoms with Crippen LogP contribution in [0.25, 0.3) is 0 Å². The minimum absolute atomic E-state index is 0.103. The molecule has 1 aliphatic heterocycles. The fourth-order valence-electron chi connectivity index (χ4n) is 2.70. The van der Waals surface area contributed by atoms with E-state index in [-0.39, 0.29) is 30.6 Å². The third-order valence-corrected chi connectivity index (χ3v) is 4.40. The lowest BCUT2D eigenvalue weighted by molar-refractivity contribution is -0.122. The van der Waals surface area contributed by atoms with Crippen LogP contribution in [-0.4, -0.2) is 18.4 Å². The van der Waals surface area contributed by atoms with Crippen molar-refractivity contribution in [1.29, 1.82) is 0 Å². The van der Waals surface area contributed by atoms with Gasteiger partial charge in [0.05, 0.1) is 16.6 Å². The maximum absolute atomic E-state index is 13.6. The Bertz CT molecular complexity index is 809. The zero-order valence-electron chi connectivity index (χ0n) is 13.1. The molecular weight excluding hydrogens is 331 g/mol. The number of para-hydroxylation sites is 1. The van der Waals surface area contributed by atoms with Crippen molar-refractivity contribution < 1.29 is 14.0 Å². The van der Waals surface area contributed by atoms with Gasteiger partial charge in [0.15, 0.2) is 0 Å².